The number of para-hydroxylation sites is 2. The Balaban J connectivity index is 1.80. The molecule has 3 heteroatoms. The second-order valence-corrected chi connectivity index (χ2v) is 6.64. The standard InChI is InChI=1S/C21H22N2O/c1-3-23(16-9-5-4-6-10-16)20(24)21(13-14-21)19-15(2)22-18-12-8-7-11-17(18)19/h4-12,22H,3,13-14H2,1-2H3. The first-order valence-electron chi connectivity index (χ1n) is 8.62. The number of carbonyl (C=O) groups is 1. The molecule has 1 N–H and O–H groups in total. The van der Waals surface area contributed by atoms with Gasteiger partial charge in [-0.1, -0.05) is 36.4 Å². The molecule has 0 saturated heterocycles. The number of benzene rings is 2. The minimum absolute atomic E-state index is 0.226. The molecular weight excluding hydrogens is 296 g/mol. The summed E-state index contributed by atoms with van der Waals surface area (Å²) < 4.78 is 0. The summed E-state index contributed by atoms with van der Waals surface area (Å²) in [5.41, 5.74) is 4.04. The van der Waals surface area contributed by atoms with Crippen LogP contribution in [0.25, 0.3) is 10.9 Å². The Bertz CT molecular complexity index is 891. The predicted molar refractivity (Wildman–Crippen MR) is 98.4 cm³/mol. The van der Waals surface area contributed by atoms with Crippen LogP contribution in [0.2, 0.25) is 0 Å². The smallest absolute Gasteiger partial charge is 0.237 e. The van der Waals surface area contributed by atoms with E-state index in [9.17, 15) is 4.79 Å². The van der Waals surface area contributed by atoms with Gasteiger partial charge in [-0.2, -0.15) is 0 Å². The zero-order valence-corrected chi connectivity index (χ0v) is 14.2. The predicted octanol–water partition coefficient (Wildman–Crippen LogP) is 4.56. The minimum atomic E-state index is -0.366. The molecule has 1 fully saturated rings. The number of likely N-dealkylation sites (N-methyl/N-ethyl adjacent to an activating group) is 1. The number of hydrogen-bond acceptors (Lipinski definition) is 1. The van der Waals surface area contributed by atoms with Gasteiger partial charge < -0.3 is 9.88 Å². The highest BCUT2D eigenvalue weighted by molar-refractivity contribution is 6.06. The van der Waals surface area contributed by atoms with Crippen molar-refractivity contribution in [2.24, 2.45) is 0 Å². The van der Waals surface area contributed by atoms with Gasteiger partial charge in [0.25, 0.3) is 0 Å². The van der Waals surface area contributed by atoms with E-state index in [1.54, 1.807) is 0 Å². The van der Waals surface area contributed by atoms with Crippen molar-refractivity contribution >= 4 is 22.5 Å². The first-order valence-corrected chi connectivity index (χ1v) is 8.62. The maximum Gasteiger partial charge on any atom is 0.237 e. The Morgan fingerprint density at radius 2 is 1.75 bits per heavy atom. The third kappa shape index (κ3) is 2.15. The van der Waals surface area contributed by atoms with Gasteiger partial charge in [-0.3, -0.25) is 4.79 Å². The fourth-order valence-electron chi connectivity index (χ4n) is 3.90. The summed E-state index contributed by atoms with van der Waals surface area (Å²) in [5, 5.41) is 1.19. The van der Waals surface area contributed by atoms with Crippen molar-refractivity contribution in [2.75, 3.05) is 11.4 Å². The van der Waals surface area contributed by atoms with E-state index in [0.29, 0.717) is 6.54 Å². The number of aryl methyl sites for hydroxylation is 1. The quantitative estimate of drug-likeness (QED) is 0.752. The van der Waals surface area contributed by atoms with Gasteiger partial charge >= 0.3 is 0 Å². The van der Waals surface area contributed by atoms with Crippen molar-refractivity contribution in [3.05, 3.63) is 65.9 Å². The number of anilines is 1. The van der Waals surface area contributed by atoms with Crippen LogP contribution in [0.3, 0.4) is 0 Å². The number of nitrogens with zero attached hydrogens (tertiary/aromatic N) is 1. The molecule has 1 heterocycles. The molecule has 122 valence electrons. The molecule has 1 aromatic heterocycles. The third-order valence-corrected chi connectivity index (χ3v) is 5.16. The Hall–Kier alpha value is -2.55. The Morgan fingerprint density at radius 1 is 1.08 bits per heavy atom. The lowest BCUT2D eigenvalue weighted by Gasteiger charge is -2.27. The van der Waals surface area contributed by atoms with Gasteiger partial charge in [0, 0.05) is 28.8 Å². The molecule has 1 amide bonds. The second kappa shape index (κ2) is 5.52. The van der Waals surface area contributed by atoms with Crippen LogP contribution in [0.1, 0.15) is 31.0 Å². The summed E-state index contributed by atoms with van der Waals surface area (Å²) in [5.74, 6) is 0.226. The molecule has 3 aromatic rings. The molecular formula is C21H22N2O. The molecule has 3 nitrogen and oxygen atoms in total. The first kappa shape index (κ1) is 15.0. The van der Waals surface area contributed by atoms with Crippen molar-refractivity contribution < 1.29 is 4.79 Å². The van der Waals surface area contributed by atoms with Gasteiger partial charge in [-0.25, -0.2) is 0 Å². The number of aromatic nitrogens is 1. The molecule has 0 bridgehead atoms. The number of fused-ring (bicyclic) bond motifs is 1. The first-order chi connectivity index (χ1) is 11.7. The summed E-state index contributed by atoms with van der Waals surface area (Å²) in [6.07, 6.45) is 1.86. The van der Waals surface area contributed by atoms with Gasteiger partial charge in [-0.15, -0.1) is 0 Å². The van der Waals surface area contributed by atoms with E-state index >= 15 is 0 Å². The van der Waals surface area contributed by atoms with Crippen LogP contribution in [0, 0.1) is 6.92 Å². The fraction of sp³-hybridized carbons (Fsp3) is 0.286. The summed E-state index contributed by atoms with van der Waals surface area (Å²) in [7, 11) is 0. The highest BCUT2D eigenvalue weighted by Crippen LogP contribution is 2.53. The van der Waals surface area contributed by atoms with Crippen molar-refractivity contribution in [1.82, 2.24) is 4.98 Å². The fourth-order valence-corrected chi connectivity index (χ4v) is 3.90. The topological polar surface area (TPSA) is 36.1 Å². The van der Waals surface area contributed by atoms with E-state index < -0.39 is 0 Å². The van der Waals surface area contributed by atoms with Crippen LogP contribution < -0.4 is 4.90 Å². The highest BCUT2D eigenvalue weighted by atomic mass is 16.2. The molecule has 24 heavy (non-hydrogen) atoms. The van der Waals surface area contributed by atoms with E-state index in [0.717, 1.165) is 29.7 Å². The summed E-state index contributed by atoms with van der Waals surface area (Å²) in [4.78, 5) is 18.8. The average Bonchev–Trinajstić information content (AvgIpc) is 3.33. The molecule has 0 unspecified atom stereocenters. The molecule has 1 aliphatic carbocycles. The van der Waals surface area contributed by atoms with E-state index in [1.165, 1.54) is 10.9 Å². The molecule has 1 aliphatic rings. The lowest BCUT2D eigenvalue weighted by atomic mass is 9.91. The molecule has 1 saturated carbocycles. The number of amides is 1. The van der Waals surface area contributed by atoms with Gasteiger partial charge in [0.05, 0.1) is 5.41 Å². The van der Waals surface area contributed by atoms with E-state index in [-0.39, 0.29) is 11.3 Å². The molecule has 0 radical (unpaired) electrons. The van der Waals surface area contributed by atoms with Gasteiger partial charge in [-0.05, 0) is 50.5 Å². The number of rotatable bonds is 4. The van der Waals surface area contributed by atoms with Crippen LogP contribution in [-0.2, 0) is 10.2 Å². The third-order valence-electron chi connectivity index (χ3n) is 5.16. The zero-order valence-electron chi connectivity index (χ0n) is 14.2. The Kier molecular flexibility index (Phi) is 3.45. The van der Waals surface area contributed by atoms with Gasteiger partial charge in [0.15, 0.2) is 0 Å². The van der Waals surface area contributed by atoms with E-state index in [4.69, 9.17) is 0 Å². The van der Waals surface area contributed by atoms with Gasteiger partial charge in [0.2, 0.25) is 5.91 Å². The number of H-pyrrole nitrogens is 1. The van der Waals surface area contributed by atoms with E-state index in [1.807, 2.05) is 48.2 Å². The molecule has 4 rings (SSSR count). The average molecular weight is 318 g/mol. The van der Waals surface area contributed by atoms with Crippen LogP contribution in [0.4, 0.5) is 5.69 Å². The maximum absolute atomic E-state index is 13.5. The summed E-state index contributed by atoms with van der Waals surface area (Å²) in [6.45, 7) is 4.82. The zero-order chi connectivity index (χ0) is 16.7. The molecule has 0 atom stereocenters. The summed E-state index contributed by atoms with van der Waals surface area (Å²) in [6, 6.07) is 18.3. The summed E-state index contributed by atoms with van der Waals surface area (Å²) >= 11 is 0. The number of nitrogens with one attached hydrogen (secondary N) is 1. The number of aromatic amines is 1. The SMILES string of the molecule is CCN(C(=O)C1(c2c(C)[nH]c3ccccc23)CC1)c1ccccc1. The largest absolute Gasteiger partial charge is 0.358 e. The monoisotopic (exact) mass is 318 g/mol. The van der Waals surface area contributed by atoms with E-state index in [2.05, 4.69) is 30.1 Å². The van der Waals surface area contributed by atoms with Crippen molar-refractivity contribution in [1.29, 1.82) is 0 Å². The highest BCUT2D eigenvalue weighted by Gasteiger charge is 2.55. The molecule has 2 aromatic carbocycles. The lowest BCUT2D eigenvalue weighted by molar-refractivity contribution is -0.121. The van der Waals surface area contributed by atoms with Crippen molar-refractivity contribution in [3.63, 3.8) is 0 Å². The van der Waals surface area contributed by atoms with Gasteiger partial charge in [0.1, 0.15) is 0 Å². The molecule has 0 spiro atoms. The van der Waals surface area contributed by atoms with Crippen LogP contribution in [0.5, 0.6) is 0 Å². The number of carbonyl (C=O) groups excluding carboxylic acids is 1. The normalized spacial score (nSPS) is 15.4. The van der Waals surface area contributed by atoms with Crippen molar-refractivity contribution in [3.8, 4) is 0 Å². The molecule has 0 aliphatic heterocycles. The second-order valence-electron chi connectivity index (χ2n) is 6.64. The Morgan fingerprint density at radius 3 is 2.42 bits per heavy atom. The lowest BCUT2D eigenvalue weighted by Crippen LogP contribution is -2.39. The van der Waals surface area contributed by atoms with Crippen LogP contribution in [0.15, 0.2) is 54.6 Å². The van der Waals surface area contributed by atoms with Crippen LogP contribution >= 0.6 is 0 Å². The van der Waals surface area contributed by atoms with Crippen LogP contribution in [-0.4, -0.2) is 17.4 Å². The van der Waals surface area contributed by atoms with Crippen molar-refractivity contribution in [2.45, 2.75) is 32.1 Å². The Labute approximate surface area is 142 Å². The maximum atomic E-state index is 13.5. The number of hydrogen-bond donors (Lipinski definition) is 1. The minimum Gasteiger partial charge on any atom is -0.358 e.